The van der Waals surface area contributed by atoms with Gasteiger partial charge >= 0.3 is 5.97 Å². The number of carboxylic acid groups (broad SMARTS) is 1. The zero-order valence-electron chi connectivity index (χ0n) is 18.8. The number of H-pyrrole nitrogens is 1. The van der Waals surface area contributed by atoms with Gasteiger partial charge in [-0.25, -0.2) is 0 Å². The minimum Gasteiger partial charge on any atom is -0.481 e. The molecule has 0 spiro atoms. The maximum atomic E-state index is 12.7. The van der Waals surface area contributed by atoms with Crippen molar-refractivity contribution in [3.63, 3.8) is 0 Å². The second kappa shape index (κ2) is 9.01. The third-order valence-corrected chi connectivity index (χ3v) is 8.76. The van der Waals surface area contributed by atoms with Gasteiger partial charge in [-0.15, -0.1) is 10.8 Å². The molecule has 0 amide bonds. The molecule has 2 unspecified atom stereocenters. The van der Waals surface area contributed by atoms with E-state index in [4.69, 9.17) is 10.2 Å². The van der Waals surface area contributed by atoms with Crippen molar-refractivity contribution in [2.45, 2.75) is 49.6 Å². The molecule has 184 valence electrons. The summed E-state index contributed by atoms with van der Waals surface area (Å²) in [5, 5.41) is 26.9. The average molecular weight is 499 g/mol. The summed E-state index contributed by atoms with van der Waals surface area (Å²) in [5.74, 6) is -0.833. The molecule has 12 heteroatoms. The van der Waals surface area contributed by atoms with Crippen LogP contribution in [0, 0.1) is 17.2 Å². The normalized spacial score (nSPS) is 22.4. The molecular formula is C23H26N6O5S. The van der Waals surface area contributed by atoms with Crippen LogP contribution in [-0.4, -0.2) is 45.8 Å². The lowest BCUT2D eigenvalue weighted by Crippen LogP contribution is -2.24. The van der Waals surface area contributed by atoms with Gasteiger partial charge in [-0.1, -0.05) is 12.8 Å². The second-order valence-corrected chi connectivity index (χ2v) is 10.9. The second-order valence-electron chi connectivity index (χ2n) is 8.92. The minimum absolute atomic E-state index is 0.0149. The number of aromatic nitrogens is 3. The number of pyridine rings is 1. The van der Waals surface area contributed by atoms with Crippen LogP contribution in [0.4, 0.5) is 11.5 Å². The van der Waals surface area contributed by atoms with Gasteiger partial charge in [0, 0.05) is 25.0 Å². The van der Waals surface area contributed by atoms with E-state index in [2.05, 4.69) is 16.4 Å². The number of carboxylic acids is 1. The summed E-state index contributed by atoms with van der Waals surface area (Å²) >= 11 is 0. The summed E-state index contributed by atoms with van der Waals surface area (Å²) in [7, 11) is -3.26. The number of carbonyl (C=O) groups is 1. The van der Waals surface area contributed by atoms with E-state index in [1.165, 1.54) is 4.31 Å². The van der Waals surface area contributed by atoms with Crippen molar-refractivity contribution in [2.75, 3.05) is 11.9 Å². The van der Waals surface area contributed by atoms with Gasteiger partial charge < -0.3 is 15.4 Å². The lowest BCUT2D eigenvalue weighted by Gasteiger charge is -2.36. The van der Waals surface area contributed by atoms with Crippen LogP contribution in [0.2, 0.25) is 0 Å². The summed E-state index contributed by atoms with van der Waals surface area (Å²) in [6.45, 7) is 0.211. The molecule has 0 radical (unpaired) electrons. The molecule has 0 bridgehead atoms. The minimum atomic E-state index is -3.26. The van der Waals surface area contributed by atoms with E-state index in [1.54, 1.807) is 35.1 Å². The van der Waals surface area contributed by atoms with Gasteiger partial charge in [0.1, 0.15) is 5.39 Å². The van der Waals surface area contributed by atoms with Crippen LogP contribution in [0.5, 0.6) is 0 Å². The molecule has 1 aliphatic carbocycles. The quantitative estimate of drug-likeness (QED) is 0.337. The molecule has 11 nitrogen and oxygen atoms in total. The highest BCUT2D eigenvalue weighted by atomic mass is 32.3. The third kappa shape index (κ3) is 4.17. The SMILES string of the molecule is N#CC1CCCCC1n1nc(Nc2ccc3c(c2)CN(CCC(=O)O)S3(O)O)c2c(=O)[nH]ccc21. The molecule has 1 fully saturated rings. The first-order chi connectivity index (χ1) is 16.8. The number of fused-ring (bicyclic) bond motifs is 2. The third-order valence-electron chi connectivity index (χ3n) is 6.74. The highest BCUT2D eigenvalue weighted by molar-refractivity contribution is 8.22. The highest BCUT2D eigenvalue weighted by Gasteiger charge is 2.35. The number of benzene rings is 1. The molecular weight excluding hydrogens is 472 g/mol. The molecule has 5 N–H and O–H groups in total. The van der Waals surface area contributed by atoms with Crippen LogP contribution >= 0.6 is 10.8 Å². The van der Waals surface area contributed by atoms with Crippen molar-refractivity contribution in [2.24, 2.45) is 5.92 Å². The van der Waals surface area contributed by atoms with Crippen LogP contribution in [0.3, 0.4) is 0 Å². The van der Waals surface area contributed by atoms with Gasteiger partial charge in [0.2, 0.25) is 0 Å². The number of nitriles is 1. The number of hydrogen-bond donors (Lipinski definition) is 5. The molecule has 1 saturated carbocycles. The molecule has 35 heavy (non-hydrogen) atoms. The zero-order valence-corrected chi connectivity index (χ0v) is 19.7. The van der Waals surface area contributed by atoms with E-state index in [-0.39, 0.29) is 37.0 Å². The number of hydrogen-bond acceptors (Lipinski definition) is 8. The Morgan fingerprint density at radius 2 is 2.09 bits per heavy atom. The van der Waals surface area contributed by atoms with Crippen LogP contribution in [0.1, 0.15) is 43.7 Å². The summed E-state index contributed by atoms with van der Waals surface area (Å²) in [6.07, 6.45) is 4.96. The Hall–Kier alpha value is -3.37. The van der Waals surface area contributed by atoms with Crippen LogP contribution in [0.15, 0.2) is 40.2 Å². The number of aromatic amines is 1. The highest BCUT2D eigenvalue weighted by Crippen LogP contribution is 2.59. The topological polar surface area (TPSA) is 168 Å². The summed E-state index contributed by atoms with van der Waals surface area (Å²) < 4.78 is 24.4. The van der Waals surface area contributed by atoms with Gasteiger partial charge in [-0.3, -0.25) is 23.4 Å². The van der Waals surface area contributed by atoms with Crippen molar-refractivity contribution in [3.05, 3.63) is 46.4 Å². The molecule has 0 saturated heterocycles. The number of nitrogens with zero attached hydrogens (tertiary/aromatic N) is 4. The van der Waals surface area contributed by atoms with Crippen LogP contribution in [-0.2, 0) is 11.3 Å². The Balaban J connectivity index is 1.49. The Labute approximate surface area is 202 Å². The van der Waals surface area contributed by atoms with E-state index in [0.717, 1.165) is 25.7 Å². The fourth-order valence-corrected chi connectivity index (χ4v) is 6.69. The van der Waals surface area contributed by atoms with Crippen molar-refractivity contribution >= 4 is 39.2 Å². The van der Waals surface area contributed by atoms with Gasteiger partial charge in [-0.2, -0.15) is 14.7 Å². The van der Waals surface area contributed by atoms with Gasteiger partial charge in [0.15, 0.2) is 5.82 Å². The van der Waals surface area contributed by atoms with E-state index in [1.807, 2.05) is 0 Å². The Morgan fingerprint density at radius 1 is 1.29 bits per heavy atom. The van der Waals surface area contributed by atoms with Crippen molar-refractivity contribution in [1.82, 2.24) is 19.1 Å². The Kier molecular flexibility index (Phi) is 6.02. The molecule has 2 atom stereocenters. The zero-order chi connectivity index (χ0) is 24.7. The first kappa shape index (κ1) is 23.4. The first-order valence-electron chi connectivity index (χ1n) is 11.4. The maximum Gasteiger partial charge on any atom is 0.304 e. The lowest BCUT2D eigenvalue weighted by molar-refractivity contribution is -0.137. The molecule has 2 aromatic heterocycles. The summed E-state index contributed by atoms with van der Waals surface area (Å²) in [5.41, 5.74) is 1.62. The van der Waals surface area contributed by atoms with Crippen LogP contribution < -0.4 is 10.9 Å². The van der Waals surface area contributed by atoms with E-state index in [0.29, 0.717) is 32.9 Å². The molecule has 2 aliphatic rings. The van der Waals surface area contributed by atoms with Gasteiger partial charge in [0.05, 0.1) is 34.9 Å². The molecule has 1 aromatic carbocycles. The predicted octanol–water partition coefficient (Wildman–Crippen LogP) is 4.04. The molecule has 5 rings (SSSR count). The molecule has 3 aromatic rings. The monoisotopic (exact) mass is 498 g/mol. The van der Waals surface area contributed by atoms with E-state index < -0.39 is 16.7 Å². The molecule has 1 aliphatic heterocycles. The first-order valence-corrected chi connectivity index (χ1v) is 12.9. The standard InChI is InChI=1S/C23H26N6O5S/c24-12-14-3-1-2-4-17(14)29-18-7-9-25-23(32)21(18)22(27-29)26-16-5-6-19-15(11-16)13-28(35(19,33)34)10-8-20(30)31/h5-7,9,11,14,17,33-34H,1-4,8,10,13H2,(H,25,32)(H,26,27)(H,30,31). The van der Waals surface area contributed by atoms with E-state index >= 15 is 0 Å². The van der Waals surface area contributed by atoms with Gasteiger partial charge in [0.25, 0.3) is 5.56 Å². The summed E-state index contributed by atoms with van der Waals surface area (Å²) in [6, 6.07) is 9.09. The Bertz CT molecular complexity index is 1390. The number of rotatable bonds is 6. The smallest absolute Gasteiger partial charge is 0.304 e. The maximum absolute atomic E-state index is 12.7. The lowest BCUT2D eigenvalue weighted by atomic mass is 9.85. The predicted molar refractivity (Wildman–Crippen MR) is 130 cm³/mol. The number of anilines is 2. The van der Waals surface area contributed by atoms with E-state index in [9.17, 15) is 24.0 Å². The van der Waals surface area contributed by atoms with Gasteiger partial charge in [-0.05, 0) is 42.7 Å². The number of aliphatic carboxylic acids is 1. The number of nitrogens with one attached hydrogen (secondary N) is 2. The molecule has 3 heterocycles. The fourth-order valence-electron chi connectivity index (χ4n) is 5.02. The Morgan fingerprint density at radius 3 is 2.86 bits per heavy atom. The van der Waals surface area contributed by atoms with Crippen LogP contribution in [0.25, 0.3) is 10.9 Å². The van der Waals surface area contributed by atoms with Crippen molar-refractivity contribution in [1.29, 1.82) is 5.26 Å². The largest absolute Gasteiger partial charge is 0.481 e. The average Bonchev–Trinajstić information content (AvgIpc) is 3.32. The van der Waals surface area contributed by atoms with Crippen molar-refractivity contribution < 1.29 is 19.0 Å². The summed E-state index contributed by atoms with van der Waals surface area (Å²) in [4.78, 5) is 26.7. The van der Waals surface area contributed by atoms with Crippen molar-refractivity contribution in [3.8, 4) is 6.07 Å². The fraction of sp³-hybridized carbons (Fsp3) is 0.391.